The first kappa shape index (κ1) is 48.1. The van der Waals surface area contributed by atoms with Crippen molar-refractivity contribution in [2.45, 2.75) is 143 Å². The Morgan fingerprint density at radius 1 is 0.415 bits per heavy atom. The largest absolute Gasteiger partial charge is 0.317 e. The van der Waals surface area contributed by atoms with E-state index in [1.807, 2.05) is 0 Å². The first-order chi connectivity index (χ1) is 31.9. The normalized spacial score (nSPS) is 16.2. The van der Waals surface area contributed by atoms with E-state index in [2.05, 4.69) is 163 Å². The van der Waals surface area contributed by atoms with Crippen molar-refractivity contribution in [2.75, 3.05) is 39.3 Å². The molecule has 3 aromatic heterocycles. The van der Waals surface area contributed by atoms with Gasteiger partial charge in [-0.1, -0.05) is 93.6 Å². The van der Waals surface area contributed by atoms with E-state index in [-0.39, 0.29) is 0 Å². The molecule has 0 aliphatic carbocycles. The van der Waals surface area contributed by atoms with E-state index in [9.17, 15) is 0 Å². The molecule has 348 valence electrons. The summed E-state index contributed by atoms with van der Waals surface area (Å²) in [5, 5.41) is 24.7. The highest BCUT2D eigenvalue weighted by atomic mass is 15.3. The zero-order valence-electron chi connectivity index (χ0n) is 40.7. The summed E-state index contributed by atoms with van der Waals surface area (Å²) < 4.78 is 6.52. The summed E-state index contributed by atoms with van der Waals surface area (Å²) in [5.41, 5.74) is 16.2. The molecule has 0 unspecified atom stereocenters. The number of benzene rings is 3. The van der Waals surface area contributed by atoms with Gasteiger partial charge in [-0.2, -0.15) is 15.3 Å². The van der Waals surface area contributed by atoms with Crippen LogP contribution >= 0.6 is 0 Å². The van der Waals surface area contributed by atoms with Gasteiger partial charge >= 0.3 is 0 Å². The zero-order chi connectivity index (χ0) is 45.4. The lowest BCUT2D eigenvalue weighted by atomic mass is 9.94. The number of hydrogen-bond acceptors (Lipinski definition) is 6. The monoisotopic (exact) mass is 878 g/mol. The van der Waals surface area contributed by atoms with E-state index in [0.717, 1.165) is 90.9 Å². The highest BCUT2D eigenvalue weighted by molar-refractivity contribution is 5.31. The summed E-state index contributed by atoms with van der Waals surface area (Å²) in [6.45, 7) is 19.7. The molecule has 3 saturated heterocycles. The summed E-state index contributed by atoms with van der Waals surface area (Å²) in [6.07, 6.45) is 13.5. The second kappa shape index (κ2) is 24.6. The lowest BCUT2D eigenvalue weighted by Crippen LogP contribution is -2.27. The smallest absolute Gasteiger partial charge is 0.0671 e. The minimum Gasteiger partial charge on any atom is -0.317 e. The molecule has 3 aliphatic heterocycles. The summed E-state index contributed by atoms with van der Waals surface area (Å²) in [5.74, 6) is 2.01. The van der Waals surface area contributed by atoms with E-state index in [0.29, 0.717) is 17.8 Å². The minimum absolute atomic E-state index is 0.667. The molecular weight excluding hydrogens is 799 g/mol. The molecule has 3 aliphatic rings. The van der Waals surface area contributed by atoms with Gasteiger partial charge in [-0.3, -0.25) is 14.0 Å². The maximum Gasteiger partial charge on any atom is 0.0671 e. The van der Waals surface area contributed by atoms with Crippen LogP contribution in [0.5, 0.6) is 0 Å². The van der Waals surface area contributed by atoms with Gasteiger partial charge in [-0.15, -0.1) is 0 Å². The molecule has 0 bridgehead atoms. The molecular formula is C56H79N9. The highest BCUT2D eigenvalue weighted by Crippen LogP contribution is 2.29. The maximum atomic E-state index is 4.85. The Morgan fingerprint density at radius 2 is 0.769 bits per heavy atom. The first-order valence-electron chi connectivity index (χ1n) is 25.4. The third-order valence-electron chi connectivity index (χ3n) is 14.0. The van der Waals surface area contributed by atoms with Gasteiger partial charge in [-0.05, 0) is 162 Å². The predicted octanol–water partition coefficient (Wildman–Crippen LogP) is 10.1. The van der Waals surface area contributed by atoms with Crippen LogP contribution in [0.2, 0.25) is 0 Å². The molecule has 65 heavy (non-hydrogen) atoms. The van der Waals surface area contributed by atoms with Crippen molar-refractivity contribution in [2.24, 2.45) is 7.05 Å². The van der Waals surface area contributed by atoms with Gasteiger partial charge in [0.15, 0.2) is 0 Å². The van der Waals surface area contributed by atoms with Crippen molar-refractivity contribution in [3.05, 3.63) is 159 Å². The van der Waals surface area contributed by atoms with E-state index >= 15 is 0 Å². The molecule has 0 saturated carbocycles. The van der Waals surface area contributed by atoms with Crippen LogP contribution in [0.3, 0.4) is 0 Å². The number of rotatable bonds is 14. The van der Waals surface area contributed by atoms with E-state index < -0.39 is 0 Å². The standard InChI is InChI=1S/2C19H27N3.C18H25N3/c1-3-15-5-7-16(8-6-15)13-18-14-19(22(4-2)21-18)17-9-11-20-12-10-17;1-3-15-6-5-7-16(12-15)13-18-14-19(22(4-2)21-18)17-8-10-20-11-9-17;1-3-14-4-6-15(7-5-14)12-17-13-18(21(2)20-17)16-8-10-19-11-9-16/h5-8,14,17,20H,3-4,9-13H2,1-2H3;5-7,12,14,17,20H,3-4,8-11,13H2,1-2H3;4-7,13,16,19H,3,8-12H2,1-2H3. The average molecular weight is 878 g/mol. The van der Waals surface area contributed by atoms with Crippen molar-refractivity contribution in [1.29, 1.82) is 0 Å². The fourth-order valence-corrected chi connectivity index (χ4v) is 10.0. The summed E-state index contributed by atoms with van der Waals surface area (Å²) in [4.78, 5) is 0. The number of nitrogens with one attached hydrogen (secondary N) is 3. The summed E-state index contributed by atoms with van der Waals surface area (Å²) >= 11 is 0. The Bertz CT molecular complexity index is 2300. The van der Waals surface area contributed by atoms with Crippen LogP contribution < -0.4 is 16.0 Å². The predicted molar refractivity (Wildman–Crippen MR) is 269 cm³/mol. The fourth-order valence-electron chi connectivity index (χ4n) is 10.0. The van der Waals surface area contributed by atoms with Crippen molar-refractivity contribution < 1.29 is 0 Å². The number of nitrogens with zero attached hydrogens (tertiary/aromatic N) is 6. The van der Waals surface area contributed by atoms with Gasteiger partial charge in [0.2, 0.25) is 0 Å². The van der Waals surface area contributed by atoms with Gasteiger partial charge in [0.25, 0.3) is 0 Å². The second-order valence-electron chi connectivity index (χ2n) is 18.6. The van der Waals surface area contributed by atoms with Crippen LogP contribution in [0, 0.1) is 0 Å². The molecule has 9 rings (SSSR count). The van der Waals surface area contributed by atoms with Gasteiger partial charge < -0.3 is 16.0 Å². The van der Waals surface area contributed by atoms with Crippen molar-refractivity contribution in [3.63, 3.8) is 0 Å². The molecule has 0 atom stereocenters. The second-order valence-corrected chi connectivity index (χ2v) is 18.6. The van der Waals surface area contributed by atoms with Crippen LogP contribution in [0.15, 0.2) is 91.0 Å². The molecule has 3 N–H and O–H groups in total. The van der Waals surface area contributed by atoms with Crippen molar-refractivity contribution in [3.8, 4) is 0 Å². The van der Waals surface area contributed by atoms with Gasteiger partial charge in [0.05, 0.1) is 17.1 Å². The third-order valence-corrected chi connectivity index (χ3v) is 14.0. The molecule has 6 heterocycles. The molecule has 3 fully saturated rings. The Balaban J connectivity index is 0.000000145. The number of aryl methyl sites for hydroxylation is 6. The summed E-state index contributed by atoms with van der Waals surface area (Å²) in [7, 11) is 2.08. The zero-order valence-corrected chi connectivity index (χ0v) is 40.7. The highest BCUT2D eigenvalue weighted by Gasteiger charge is 2.22. The minimum atomic E-state index is 0.667. The van der Waals surface area contributed by atoms with E-state index in [1.54, 1.807) is 0 Å². The van der Waals surface area contributed by atoms with Crippen LogP contribution in [-0.2, 0) is 58.7 Å². The van der Waals surface area contributed by atoms with Crippen molar-refractivity contribution >= 4 is 0 Å². The number of aromatic nitrogens is 6. The lowest BCUT2D eigenvalue weighted by Gasteiger charge is -2.23. The third kappa shape index (κ3) is 13.6. The number of hydrogen-bond donors (Lipinski definition) is 3. The first-order valence-corrected chi connectivity index (χ1v) is 25.4. The van der Waals surface area contributed by atoms with Crippen molar-refractivity contribution in [1.82, 2.24) is 45.3 Å². The molecule has 6 aromatic rings. The Kier molecular flexibility index (Phi) is 18.2. The Labute approximate surface area is 391 Å². The van der Waals surface area contributed by atoms with E-state index in [4.69, 9.17) is 15.3 Å². The van der Waals surface area contributed by atoms with Gasteiger partial charge in [0, 0.05) is 74.2 Å². The van der Waals surface area contributed by atoms with Gasteiger partial charge in [0.1, 0.15) is 0 Å². The molecule has 9 nitrogen and oxygen atoms in total. The quantitative estimate of drug-likeness (QED) is 0.101. The molecule has 0 radical (unpaired) electrons. The molecule has 3 aromatic carbocycles. The fraction of sp³-hybridized carbons (Fsp3) is 0.518. The average Bonchev–Trinajstić information content (AvgIpc) is 4.09. The molecule has 0 spiro atoms. The van der Waals surface area contributed by atoms with Gasteiger partial charge in [-0.25, -0.2) is 0 Å². The topological polar surface area (TPSA) is 89.5 Å². The molecule has 0 amide bonds. The number of piperidine rings is 3. The summed E-state index contributed by atoms with van der Waals surface area (Å²) in [6, 6.07) is 33.8. The van der Waals surface area contributed by atoms with E-state index in [1.165, 1.54) is 106 Å². The molecule has 9 heteroatoms. The van der Waals surface area contributed by atoms with Crippen LogP contribution in [0.1, 0.15) is 158 Å². The van der Waals surface area contributed by atoms with Crippen LogP contribution in [-0.4, -0.2) is 68.6 Å². The lowest BCUT2D eigenvalue weighted by molar-refractivity contribution is 0.432. The Morgan fingerprint density at radius 3 is 1.18 bits per heavy atom. The maximum absolute atomic E-state index is 4.85. The Hall–Kier alpha value is -4.83. The van der Waals surface area contributed by atoms with Crippen LogP contribution in [0.25, 0.3) is 0 Å². The SMILES string of the molecule is CCc1ccc(Cc2cc(C3CCNCC3)n(C)n2)cc1.CCc1ccc(Cc2cc(C3CCNCC3)n(CC)n2)cc1.CCc1cccc(Cc2cc(C3CCNCC3)n(CC)n2)c1. The van der Waals surface area contributed by atoms with Crippen LogP contribution in [0.4, 0.5) is 0 Å².